The van der Waals surface area contributed by atoms with E-state index in [1.165, 1.54) is 12.1 Å². The van der Waals surface area contributed by atoms with Crippen molar-refractivity contribution in [2.45, 2.75) is 6.54 Å². The highest BCUT2D eigenvalue weighted by molar-refractivity contribution is 9.10. The van der Waals surface area contributed by atoms with E-state index in [9.17, 15) is 10.1 Å². The van der Waals surface area contributed by atoms with Crippen LogP contribution >= 0.6 is 15.9 Å². The molecule has 2 rings (SSSR count). The third-order valence-electron chi connectivity index (χ3n) is 2.89. The predicted molar refractivity (Wildman–Crippen MR) is 81.9 cm³/mol. The van der Waals surface area contributed by atoms with Crippen molar-refractivity contribution < 1.29 is 4.92 Å². The van der Waals surface area contributed by atoms with Crippen molar-refractivity contribution >= 4 is 27.4 Å². The molecule has 0 spiro atoms. The van der Waals surface area contributed by atoms with E-state index in [2.05, 4.69) is 20.9 Å². The topological polar surface area (TPSA) is 83.1 Å². The number of pyridine rings is 1. The average Bonchev–Trinajstić information content (AvgIpc) is 2.48. The number of nitro groups is 1. The van der Waals surface area contributed by atoms with Crippen LogP contribution in [0.3, 0.4) is 0 Å². The van der Waals surface area contributed by atoms with Gasteiger partial charge in [-0.15, -0.1) is 0 Å². The Kier molecular flexibility index (Phi) is 4.50. The van der Waals surface area contributed by atoms with Gasteiger partial charge in [-0.05, 0) is 23.8 Å². The van der Waals surface area contributed by atoms with Gasteiger partial charge in [0.1, 0.15) is 11.9 Å². The maximum Gasteiger partial charge on any atom is 0.305 e. The lowest BCUT2D eigenvalue weighted by molar-refractivity contribution is -0.385. The standard InChI is InChI=1S/C14H11BrN4O2/c1-18(9-10-2-4-11(15)5-3-10)14-7-6-13(19(20)21)12(8-16)17-14/h2-7H,9H2,1H3. The van der Waals surface area contributed by atoms with Gasteiger partial charge in [0.25, 0.3) is 0 Å². The second-order valence-electron chi connectivity index (χ2n) is 4.39. The predicted octanol–water partition coefficient (Wildman–Crippen LogP) is 3.26. The Balaban J connectivity index is 2.23. The second kappa shape index (κ2) is 6.33. The van der Waals surface area contributed by atoms with Gasteiger partial charge in [0.15, 0.2) is 0 Å². The molecule has 106 valence electrons. The Hall–Kier alpha value is -2.46. The highest BCUT2D eigenvalue weighted by Gasteiger charge is 2.16. The molecule has 0 N–H and O–H groups in total. The summed E-state index contributed by atoms with van der Waals surface area (Å²) < 4.78 is 0.995. The molecule has 21 heavy (non-hydrogen) atoms. The van der Waals surface area contributed by atoms with E-state index in [0.717, 1.165) is 10.0 Å². The van der Waals surface area contributed by atoms with Crippen molar-refractivity contribution in [3.8, 4) is 6.07 Å². The molecule has 2 aromatic rings. The number of hydrogen-bond donors (Lipinski definition) is 0. The van der Waals surface area contributed by atoms with Crippen LogP contribution in [0.25, 0.3) is 0 Å². The molecule has 1 aromatic carbocycles. The molecule has 0 aliphatic rings. The quantitative estimate of drug-likeness (QED) is 0.626. The second-order valence-corrected chi connectivity index (χ2v) is 5.30. The lowest BCUT2D eigenvalue weighted by Crippen LogP contribution is -2.18. The molecule has 6 nitrogen and oxygen atoms in total. The number of benzene rings is 1. The molecule has 0 aliphatic heterocycles. The van der Waals surface area contributed by atoms with Crippen LogP contribution in [-0.2, 0) is 6.54 Å². The summed E-state index contributed by atoms with van der Waals surface area (Å²) in [4.78, 5) is 16.0. The van der Waals surface area contributed by atoms with Crippen molar-refractivity contribution in [3.05, 3.63) is 62.2 Å². The Labute approximate surface area is 129 Å². The van der Waals surface area contributed by atoms with Crippen molar-refractivity contribution in [1.82, 2.24) is 4.98 Å². The van der Waals surface area contributed by atoms with E-state index in [4.69, 9.17) is 5.26 Å². The minimum atomic E-state index is -0.607. The number of nitrogens with zero attached hydrogens (tertiary/aromatic N) is 4. The first-order valence-corrected chi connectivity index (χ1v) is 6.81. The van der Waals surface area contributed by atoms with Gasteiger partial charge in [-0.2, -0.15) is 5.26 Å². The molecule has 1 aromatic heterocycles. The SMILES string of the molecule is CN(Cc1ccc(Br)cc1)c1ccc([N+](=O)[O-])c(C#N)n1. The third-order valence-corrected chi connectivity index (χ3v) is 3.41. The maximum atomic E-state index is 10.8. The normalized spacial score (nSPS) is 9.95. The van der Waals surface area contributed by atoms with E-state index in [1.807, 2.05) is 36.2 Å². The summed E-state index contributed by atoms with van der Waals surface area (Å²) in [6.45, 7) is 0.586. The summed E-state index contributed by atoms with van der Waals surface area (Å²) in [6.07, 6.45) is 0. The largest absolute Gasteiger partial charge is 0.355 e. The van der Waals surface area contributed by atoms with E-state index < -0.39 is 4.92 Å². The molecule has 0 atom stereocenters. The van der Waals surface area contributed by atoms with Gasteiger partial charge < -0.3 is 4.90 Å². The van der Waals surface area contributed by atoms with Crippen LogP contribution in [-0.4, -0.2) is 17.0 Å². The number of aromatic nitrogens is 1. The number of anilines is 1. The van der Waals surface area contributed by atoms with Crippen LogP contribution in [0.2, 0.25) is 0 Å². The summed E-state index contributed by atoms with van der Waals surface area (Å²) in [5.74, 6) is 0.514. The molecule has 0 fully saturated rings. The van der Waals surface area contributed by atoms with Crippen LogP contribution in [0.4, 0.5) is 11.5 Å². The monoisotopic (exact) mass is 346 g/mol. The Morgan fingerprint density at radius 3 is 2.57 bits per heavy atom. The highest BCUT2D eigenvalue weighted by Crippen LogP contribution is 2.21. The molecule has 0 unspecified atom stereocenters. The fraction of sp³-hybridized carbons (Fsp3) is 0.143. The summed E-state index contributed by atoms with van der Waals surface area (Å²) in [6, 6.07) is 12.4. The molecule has 0 radical (unpaired) electrons. The minimum Gasteiger partial charge on any atom is -0.355 e. The number of hydrogen-bond acceptors (Lipinski definition) is 5. The average molecular weight is 347 g/mol. The van der Waals surface area contributed by atoms with Crippen molar-refractivity contribution in [2.24, 2.45) is 0 Å². The van der Waals surface area contributed by atoms with E-state index in [-0.39, 0.29) is 11.4 Å². The molecule has 0 saturated heterocycles. The molecule has 1 heterocycles. The lowest BCUT2D eigenvalue weighted by atomic mass is 10.2. The smallest absolute Gasteiger partial charge is 0.305 e. The van der Waals surface area contributed by atoms with Crippen molar-refractivity contribution in [2.75, 3.05) is 11.9 Å². The zero-order valence-electron chi connectivity index (χ0n) is 11.2. The maximum absolute atomic E-state index is 10.8. The summed E-state index contributed by atoms with van der Waals surface area (Å²) in [5.41, 5.74) is 0.609. The molecule has 0 bridgehead atoms. The van der Waals surface area contributed by atoms with Crippen molar-refractivity contribution in [1.29, 1.82) is 5.26 Å². The van der Waals surface area contributed by atoms with Gasteiger partial charge in [0.2, 0.25) is 5.69 Å². The Bertz CT molecular complexity index is 710. The zero-order valence-corrected chi connectivity index (χ0v) is 12.7. The van der Waals surface area contributed by atoms with Crippen LogP contribution in [0.5, 0.6) is 0 Å². The van der Waals surface area contributed by atoms with Gasteiger partial charge >= 0.3 is 5.69 Å². The Morgan fingerprint density at radius 1 is 1.33 bits per heavy atom. The van der Waals surface area contributed by atoms with Gasteiger partial charge in [-0.25, -0.2) is 4.98 Å². The number of nitriles is 1. The summed E-state index contributed by atoms with van der Waals surface area (Å²) in [7, 11) is 1.82. The first kappa shape index (κ1) is 14.9. The molecular formula is C14H11BrN4O2. The summed E-state index contributed by atoms with van der Waals surface area (Å²) >= 11 is 3.37. The molecule has 0 aliphatic carbocycles. The van der Waals surface area contributed by atoms with Crippen LogP contribution in [0, 0.1) is 21.4 Å². The minimum absolute atomic E-state index is 0.180. The van der Waals surface area contributed by atoms with Crippen LogP contribution in [0.1, 0.15) is 11.3 Å². The number of halogens is 1. The fourth-order valence-electron chi connectivity index (χ4n) is 1.83. The highest BCUT2D eigenvalue weighted by atomic mass is 79.9. The molecule has 0 amide bonds. The van der Waals surface area contributed by atoms with Gasteiger partial charge in [0, 0.05) is 24.1 Å². The van der Waals surface area contributed by atoms with Gasteiger partial charge in [-0.3, -0.25) is 10.1 Å². The Morgan fingerprint density at radius 2 is 2.00 bits per heavy atom. The van der Waals surface area contributed by atoms with E-state index in [0.29, 0.717) is 12.4 Å². The first-order valence-electron chi connectivity index (χ1n) is 6.02. The lowest BCUT2D eigenvalue weighted by Gasteiger charge is -2.18. The molecular weight excluding hydrogens is 336 g/mol. The molecule has 0 saturated carbocycles. The van der Waals surface area contributed by atoms with Gasteiger partial charge in [-0.1, -0.05) is 28.1 Å². The van der Waals surface area contributed by atoms with Crippen LogP contribution < -0.4 is 4.90 Å². The summed E-state index contributed by atoms with van der Waals surface area (Å²) in [5, 5.41) is 19.7. The zero-order chi connectivity index (χ0) is 15.4. The van der Waals surface area contributed by atoms with Gasteiger partial charge in [0.05, 0.1) is 4.92 Å². The first-order chi connectivity index (χ1) is 10.0. The van der Waals surface area contributed by atoms with Crippen LogP contribution in [0.15, 0.2) is 40.9 Å². The van der Waals surface area contributed by atoms with E-state index >= 15 is 0 Å². The molecule has 7 heteroatoms. The van der Waals surface area contributed by atoms with E-state index in [1.54, 1.807) is 6.07 Å². The fourth-order valence-corrected chi connectivity index (χ4v) is 2.09. The van der Waals surface area contributed by atoms with Crippen molar-refractivity contribution in [3.63, 3.8) is 0 Å². The third kappa shape index (κ3) is 3.55. The number of rotatable bonds is 4.